The molecule has 0 aliphatic heterocycles. The molecule has 0 aliphatic carbocycles. The van der Waals surface area contributed by atoms with Gasteiger partial charge in [0.2, 0.25) is 0 Å². The standard InChI is InChI=1S/C4H8O3S/c1-2-3(8-7)4(5)6/h3,7H,2H2,1H3,(H,5,6). The molecule has 0 aromatic rings. The van der Waals surface area contributed by atoms with E-state index >= 15 is 0 Å². The number of hydrogen-bond acceptors (Lipinski definition) is 3. The van der Waals surface area contributed by atoms with Crippen molar-refractivity contribution in [3.63, 3.8) is 0 Å². The molecule has 1 atom stereocenters. The largest absolute Gasteiger partial charge is 0.480 e. The van der Waals surface area contributed by atoms with Crippen LogP contribution >= 0.6 is 12.0 Å². The van der Waals surface area contributed by atoms with Crippen molar-refractivity contribution in [1.29, 1.82) is 0 Å². The fraction of sp³-hybridized carbons (Fsp3) is 0.750. The van der Waals surface area contributed by atoms with Crippen LogP contribution in [0, 0.1) is 0 Å². The summed E-state index contributed by atoms with van der Waals surface area (Å²) >= 11 is 0.378. The van der Waals surface area contributed by atoms with Crippen molar-refractivity contribution in [1.82, 2.24) is 0 Å². The molecule has 4 heteroatoms. The number of carboxylic acids is 1. The predicted molar refractivity (Wildman–Crippen MR) is 31.9 cm³/mol. The zero-order valence-corrected chi connectivity index (χ0v) is 5.31. The zero-order chi connectivity index (χ0) is 6.57. The first-order valence-electron chi connectivity index (χ1n) is 2.25. The summed E-state index contributed by atoms with van der Waals surface area (Å²) in [6.45, 7) is 1.71. The Morgan fingerprint density at radius 1 is 1.88 bits per heavy atom. The maximum absolute atomic E-state index is 9.98. The molecule has 3 nitrogen and oxygen atoms in total. The second kappa shape index (κ2) is 3.74. The molecule has 0 aromatic carbocycles. The van der Waals surface area contributed by atoms with Gasteiger partial charge in [-0.1, -0.05) is 6.92 Å². The maximum atomic E-state index is 9.98. The molecule has 48 valence electrons. The van der Waals surface area contributed by atoms with E-state index in [9.17, 15) is 4.79 Å². The number of rotatable bonds is 3. The van der Waals surface area contributed by atoms with Crippen molar-refractivity contribution < 1.29 is 14.5 Å². The Hall–Kier alpha value is -0.220. The molecule has 1 unspecified atom stereocenters. The second-order valence-electron chi connectivity index (χ2n) is 1.34. The van der Waals surface area contributed by atoms with Crippen molar-refractivity contribution in [3.8, 4) is 0 Å². The summed E-state index contributed by atoms with van der Waals surface area (Å²) in [4.78, 5) is 9.98. The molecule has 0 amide bonds. The van der Waals surface area contributed by atoms with E-state index < -0.39 is 11.2 Å². The van der Waals surface area contributed by atoms with E-state index in [1.165, 1.54) is 0 Å². The Balaban J connectivity index is 3.52. The lowest BCUT2D eigenvalue weighted by molar-refractivity contribution is -0.136. The smallest absolute Gasteiger partial charge is 0.318 e. The Morgan fingerprint density at radius 2 is 2.38 bits per heavy atom. The normalized spacial score (nSPS) is 13.2. The van der Waals surface area contributed by atoms with Gasteiger partial charge in [-0.3, -0.25) is 4.79 Å². The van der Waals surface area contributed by atoms with E-state index in [0.717, 1.165) is 0 Å². The van der Waals surface area contributed by atoms with Crippen LogP contribution < -0.4 is 0 Å². The predicted octanol–water partition coefficient (Wildman–Crippen LogP) is 1.06. The molecular formula is C4H8O3S. The van der Waals surface area contributed by atoms with Gasteiger partial charge in [-0.25, -0.2) is 0 Å². The van der Waals surface area contributed by atoms with Gasteiger partial charge in [0.15, 0.2) is 0 Å². The van der Waals surface area contributed by atoms with E-state index in [1.807, 2.05) is 0 Å². The van der Waals surface area contributed by atoms with Crippen LogP contribution in [0.25, 0.3) is 0 Å². The molecule has 0 bridgehead atoms. The van der Waals surface area contributed by atoms with Crippen LogP contribution in [0.3, 0.4) is 0 Å². The van der Waals surface area contributed by atoms with Crippen molar-refractivity contribution in [2.45, 2.75) is 18.6 Å². The van der Waals surface area contributed by atoms with Gasteiger partial charge in [-0.15, -0.1) is 0 Å². The minimum absolute atomic E-state index is 0.378. The highest BCUT2D eigenvalue weighted by molar-refractivity contribution is 7.95. The van der Waals surface area contributed by atoms with Gasteiger partial charge in [0.1, 0.15) is 5.25 Å². The summed E-state index contributed by atoms with van der Waals surface area (Å²) in [6.07, 6.45) is 0.455. The lowest BCUT2D eigenvalue weighted by Gasteiger charge is -2.00. The van der Waals surface area contributed by atoms with Crippen LogP contribution in [-0.2, 0) is 4.79 Å². The van der Waals surface area contributed by atoms with Crippen LogP contribution in [0.4, 0.5) is 0 Å². The van der Waals surface area contributed by atoms with Crippen molar-refractivity contribution >= 4 is 18.0 Å². The van der Waals surface area contributed by atoms with E-state index in [4.69, 9.17) is 9.66 Å². The van der Waals surface area contributed by atoms with Gasteiger partial charge in [-0.2, -0.15) is 0 Å². The van der Waals surface area contributed by atoms with Gasteiger partial charge in [-0.05, 0) is 6.42 Å². The molecule has 0 radical (unpaired) electrons. The van der Waals surface area contributed by atoms with Crippen LogP contribution in [0.15, 0.2) is 0 Å². The first-order chi connectivity index (χ1) is 3.72. The van der Waals surface area contributed by atoms with Crippen molar-refractivity contribution in [3.05, 3.63) is 0 Å². The lowest BCUT2D eigenvalue weighted by Crippen LogP contribution is -2.13. The second-order valence-corrected chi connectivity index (χ2v) is 2.12. The number of aliphatic carboxylic acids is 1. The highest BCUT2D eigenvalue weighted by Gasteiger charge is 2.13. The SMILES string of the molecule is CCC(SO)C(=O)O. The van der Waals surface area contributed by atoms with Gasteiger partial charge in [0.05, 0.1) is 0 Å². The van der Waals surface area contributed by atoms with Gasteiger partial charge >= 0.3 is 5.97 Å². The number of hydrogen-bond donors (Lipinski definition) is 2. The Kier molecular flexibility index (Phi) is 3.64. The summed E-state index contributed by atoms with van der Waals surface area (Å²) < 4.78 is 8.23. The molecule has 0 fully saturated rings. The maximum Gasteiger partial charge on any atom is 0.318 e. The minimum atomic E-state index is -0.958. The average molecular weight is 136 g/mol. The summed E-state index contributed by atoms with van der Waals surface area (Å²) in [7, 11) is 0. The van der Waals surface area contributed by atoms with E-state index in [-0.39, 0.29) is 0 Å². The first kappa shape index (κ1) is 7.78. The summed E-state index contributed by atoms with van der Waals surface area (Å²) in [5, 5.41) is 7.53. The van der Waals surface area contributed by atoms with Crippen LogP contribution in [0.2, 0.25) is 0 Å². The molecule has 0 saturated carbocycles. The summed E-state index contributed by atoms with van der Waals surface area (Å²) in [6, 6.07) is 0. The first-order valence-corrected chi connectivity index (χ1v) is 3.09. The zero-order valence-electron chi connectivity index (χ0n) is 4.50. The molecule has 0 heterocycles. The summed E-state index contributed by atoms with van der Waals surface area (Å²) in [5.74, 6) is -0.958. The molecule has 0 rings (SSSR count). The van der Waals surface area contributed by atoms with Gasteiger partial charge < -0.3 is 9.66 Å². The number of carboxylic acid groups (broad SMARTS) is 1. The summed E-state index contributed by atoms with van der Waals surface area (Å²) in [5.41, 5.74) is 0. The van der Waals surface area contributed by atoms with E-state index in [1.54, 1.807) is 6.92 Å². The van der Waals surface area contributed by atoms with Crippen LogP contribution in [-0.4, -0.2) is 20.9 Å². The quantitative estimate of drug-likeness (QED) is 0.569. The third-order valence-electron chi connectivity index (χ3n) is 0.773. The minimum Gasteiger partial charge on any atom is -0.480 e. The van der Waals surface area contributed by atoms with E-state index in [0.29, 0.717) is 18.5 Å². The van der Waals surface area contributed by atoms with Crippen LogP contribution in [0.5, 0.6) is 0 Å². The molecular weight excluding hydrogens is 128 g/mol. The van der Waals surface area contributed by atoms with Gasteiger partial charge in [0, 0.05) is 12.0 Å². The molecule has 2 N–H and O–H groups in total. The topological polar surface area (TPSA) is 57.5 Å². The Labute approximate surface area is 51.9 Å². The molecule has 0 aliphatic rings. The molecule has 0 saturated heterocycles. The monoisotopic (exact) mass is 136 g/mol. The highest BCUT2D eigenvalue weighted by atomic mass is 32.2. The van der Waals surface area contributed by atoms with Crippen molar-refractivity contribution in [2.75, 3.05) is 0 Å². The van der Waals surface area contributed by atoms with Crippen molar-refractivity contribution in [2.24, 2.45) is 0 Å². The molecule has 0 spiro atoms. The molecule has 0 aromatic heterocycles. The van der Waals surface area contributed by atoms with E-state index in [2.05, 4.69) is 0 Å². The van der Waals surface area contributed by atoms with Gasteiger partial charge in [0.25, 0.3) is 0 Å². The average Bonchev–Trinajstić information content (AvgIpc) is 1.69. The number of carbonyl (C=O) groups is 1. The Morgan fingerprint density at radius 3 is 2.38 bits per heavy atom. The third-order valence-corrected chi connectivity index (χ3v) is 1.56. The highest BCUT2D eigenvalue weighted by Crippen LogP contribution is 2.08. The molecule has 8 heavy (non-hydrogen) atoms. The fourth-order valence-corrected chi connectivity index (χ4v) is 0.533. The third kappa shape index (κ3) is 2.18. The fourth-order valence-electron chi connectivity index (χ4n) is 0.294. The Bertz CT molecular complexity index is 79.4. The van der Waals surface area contributed by atoms with Crippen LogP contribution in [0.1, 0.15) is 13.3 Å². The lowest BCUT2D eigenvalue weighted by atomic mass is 10.3.